The highest BCUT2D eigenvalue weighted by atomic mass is 35.5. The molecule has 0 fully saturated rings. The van der Waals surface area contributed by atoms with Crippen molar-refractivity contribution >= 4 is 34.8 Å². The summed E-state index contributed by atoms with van der Waals surface area (Å²) in [4.78, 5) is 12.7. The Morgan fingerprint density at radius 2 is 1.84 bits per heavy atom. The lowest BCUT2D eigenvalue weighted by molar-refractivity contribution is 0.101. The summed E-state index contributed by atoms with van der Waals surface area (Å²) in [7, 11) is 0. The number of nitrogens with one attached hydrogen (secondary N) is 1. The minimum Gasteiger partial charge on any atom is -0.508 e. The molecule has 0 aliphatic heterocycles. The van der Waals surface area contributed by atoms with Crippen LogP contribution in [0.2, 0.25) is 10.0 Å². The van der Waals surface area contributed by atoms with Crippen molar-refractivity contribution in [2.24, 2.45) is 0 Å². The minimum atomic E-state index is -0.408. The first-order chi connectivity index (χ1) is 14.8. The van der Waals surface area contributed by atoms with E-state index in [1.807, 2.05) is 19.9 Å². The van der Waals surface area contributed by atoms with Gasteiger partial charge in [0.25, 0.3) is 5.91 Å². The number of phenolic OH excluding ortho intramolecular Hbond substituents is 1. The lowest BCUT2D eigenvalue weighted by Crippen LogP contribution is -2.13. The van der Waals surface area contributed by atoms with E-state index in [2.05, 4.69) is 15.6 Å². The topological polar surface area (TPSA) is 93.2 Å². The molecule has 0 unspecified atom stereocenters. The summed E-state index contributed by atoms with van der Waals surface area (Å²) >= 11 is 12.1. The van der Waals surface area contributed by atoms with Crippen molar-refractivity contribution in [1.29, 1.82) is 0 Å². The Bertz CT molecular complexity index is 1260. The molecular weight excluding hydrogens is 439 g/mol. The monoisotopic (exact) mass is 456 g/mol. The summed E-state index contributed by atoms with van der Waals surface area (Å²) in [6, 6.07) is 13.4. The first-order valence-corrected chi connectivity index (χ1v) is 10.1. The lowest BCUT2D eigenvalue weighted by atomic mass is 10.1. The molecule has 9 heteroatoms. The van der Waals surface area contributed by atoms with Crippen LogP contribution in [-0.2, 0) is 6.54 Å². The maximum Gasteiger partial charge on any atom is 0.277 e. The standard InChI is InChI=1S/C22H18Cl2N4O3/c1-12-21(13(2)28(26-12)11-14-3-8-17(23)18(24)9-14)25-22(30)19-10-20(31-27-19)15-4-6-16(29)7-5-15/h3-10,29H,11H2,1-2H3,(H,25,30). The first kappa shape index (κ1) is 21.0. The van der Waals surface area contributed by atoms with Gasteiger partial charge in [0, 0.05) is 11.6 Å². The number of hydrogen-bond acceptors (Lipinski definition) is 5. The van der Waals surface area contributed by atoms with Gasteiger partial charge < -0.3 is 14.9 Å². The molecule has 0 bridgehead atoms. The van der Waals surface area contributed by atoms with Crippen LogP contribution in [0.4, 0.5) is 5.69 Å². The van der Waals surface area contributed by atoms with Gasteiger partial charge in [0.05, 0.1) is 33.7 Å². The van der Waals surface area contributed by atoms with Gasteiger partial charge in [0.1, 0.15) is 5.75 Å². The molecule has 0 spiro atoms. The molecular formula is C22H18Cl2N4O3. The fraction of sp³-hybridized carbons (Fsp3) is 0.136. The van der Waals surface area contributed by atoms with E-state index in [1.165, 1.54) is 12.1 Å². The maximum absolute atomic E-state index is 12.7. The van der Waals surface area contributed by atoms with Crippen molar-refractivity contribution in [3.8, 4) is 17.1 Å². The van der Waals surface area contributed by atoms with Gasteiger partial charge in [-0.15, -0.1) is 0 Å². The van der Waals surface area contributed by atoms with Gasteiger partial charge in [-0.05, 0) is 55.8 Å². The third-order valence-corrected chi connectivity index (χ3v) is 5.57. The number of anilines is 1. The van der Waals surface area contributed by atoms with E-state index in [0.717, 1.165) is 11.3 Å². The molecule has 0 saturated carbocycles. The third-order valence-electron chi connectivity index (χ3n) is 4.83. The number of carbonyl (C=O) groups excluding carboxylic acids is 1. The van der Waals surface area contributed by atoms with Gasteiger partial charge in [-0.3, -0.25) is 9.48 Å². The van der Waals surface area contributed by atoms with E-state index in [-0.39, 0.29) is 11.4 Å². The van der Waals surface area contributed by atoms with Crippen LogP contribution in [0.1, 0.15) is 27.4 Å². The number of amides is 1. The van der Waals surface area contributed by atoms with Crippen LogP contribution in [0, 0.1) is 13.8 Å². The third kappa shape index (κ3) is 4.42. The number of benzene rings is 2. The Morgan fingerprint density at radius 1 is 1.10 bits per heavy atom. The van der Waals surface area contributed by atoms with Gasteiger partial charge in [0.2, 0.25) is 0 Å². The summed E-state index contributed by atoms with van der Waals surface area (Å²) in [6.45, 7) is 4.17. The largest absolute Gasteiger partial charge is 0.508 e. The molecule has 2 aromatic heterocycles. The smallest absolute Gasteiger partial charge is 0.277 e. The Hall–Kier alpha value is -3.29. The highest BCUT2D eigenvalue weighted by molar-refractivity contribution is 6.42. The molecule has 1 amide bonds. The average molecular weight is 457 g/mol. The Balaban J connectivity index is 1.52. The zero-order chi connectivity index (χ0) is 22.1. The molecule has 2 aromatic carbocycles. The molecule has 4 aromatic rings. The van der Waals surface area contributed by atoms with Crippen LogP contribution in [-0.4, -0.2) is 26.0 Å². The Kier molecular flexibility index (Phi) is 5.71. The van der Waals surface area contributed by atoms with Crippen molar-refractivity contribution < 1.29 is 14.4 Å². The molecule has 0 saturated heterocycles. The number of hydrogen-bond donors (Lipinski definition) is 2. The van der Waals surface area contributed by atoms with Crippen LogP contribution >= 0.6 is 23.2 Å². The quantitative estimate of drug-likeness (QED) is 0.415. The summed E-state index contributed by atoms with van der Waals surface area (Å²) in [6.07, 6.45) is 0. The normalized spacial score (nSPS) is 11.0. The highest BCUT2D eigenvalue weighted by Gasteiger charge is 2.19. The van der Waals surface area contributed by atoms with Gasteiger partial charge >= 0.3 is 0 Å². The van der Waals surface area contributed by atoms with E-state index >= 15 is 0 Å². The highest BCUT2D eigenvalue weighted by Crippen LogP contribution is 2.26. The summed E-state index contributed by atoms with van der Waals surface area (Å²) < 4.78 is 7.07. The van der Waals surface area contributed by atoms with Gasteiger partial charge in [-0.25, -0.2) is 0 Å². The molecule has 0 aliphatic rings. The number of aryl methyl sites for hydroxylation is 1. The van der Waals surface area contributed by atoms with Crippen LogP contribution in [0.3, 0.4) is 0 Å². The number of halogens is 2. The van der Waals surface area contributed by atoms with Crippen LogP contribution in [0.25, 0.3) is 11.3 Å². The zero-order valence-corrected chi connectivity index (χ0v) is 18.2. The minimum absolute atomic E-state index is 0.138. The van der Waals surface area contributed by atoms with E-state index in [9.17, 15) is 9.90 Å². The molecule has 0 atom stereocenters. The molecule has 0 radical (unpaired) electrons. The van der Waals surface area contributed by atoms with Gasteiger partial charge in [-0.2, -0.15) is 5.10 Å². The number of phenols is 1. The summed E-state index contributed by atoms with van der Waals surface area (Å²) in [5.41, 5.74) is 3.85. The maximum atomic E-state index is 12.7. The summed E-state index contributed by atoms with van der Waals surface area (Å²) in [5, 5.41) is 21.6. The molecule has 31 heavy (non-hydrogen) atoms. The van der Waals surface area contributed by atoms with Crippen LogP contribution in [0.5, 0.6) is 5.75 Å². The molecule has 0 aliphatic carbocycles. The second kappa shape index (κ2) is 8.45. The number of rotatable bonds is 5. The van der Waals surface area contributed by atoms with Crippen molar-refractivity contribution in [3.05, 3.63) is 81.2 Å². The zero-order valence-electron chi connectivity index (χ0n) is 16.7. The van der Waals surface area contributed by atoms with Crippen molar-refractivity contribution in [1.82, 2.24) is 14.9 Å². The van der Waals surface area contributed by atoms with E-state index in [4.69, 9.17) is 27.7 Å². The Labute approximate surface area is 188 Å². The van der Waals surface area contributed by atoms with Crippen molar-refractivity contribution in [3.63, 3.8) is 0 Å². The average Bonchev–Trinajstić information content (AvgIpc) is 3.33. The summed E-state index contributed by atoms with van der Waals surface area (Å²) in [5.74, 6) is 0.160. The SMILES string of the molecule is Cc1nn(Cc2ccc(Cl)c(Cl)c2)c(C)c1NC(=O)c1cc(-c2ccc(O)cc2)on1. The Morgan fingerprint density at radius 3 is 2.55 bits per heavy atom. The van der Waals surface area contributed by atoms with Crippen molar-refractivity contribution in [2.45, 2.75) is 20.4 Å². The fourth-order valence-electron chi connectivity index (χ4n) is 3.16. The molecule has 7 nitrogen and oxygen atoms in total. The fourth-order valence-corrected chi connectivity index (χ4v) is 3.48. The lowest BCUT2D eigenvalue weighted by Gasteiger charge is -2.07. The number of aromatic hydroxyl groups is 1. The van der Waals surface area contributed by atoms with Gasteiger partial charge in [0.15, 0.2) is 11.5 Å². The number of aromatic nitrogens is 3. The van der Waals surface area contributed by atoms with Crippen molar-refractivity contribution in [2.75, 3.05) is 5.32 Å². The molecule has 2 N–H and O–H groups in total. The van der Waals surface area contributed by atoms with E-state index in [1.54, 1.807) is 35.0 Å². The number of carbonyl (C=O) groups is 1. The predicted molar refractivity (Wildman–Crippen MR) is 119 cm³/mol. The van der Waals surface area contributed by atoms with Crippen LogP contribution < -0.4 is 5.32 Å². The van der Waals surface area contributed by atoms with E-state index < -0.39 is 5.91 Å². The molecule has 158 valence electrons. The second-order valence-corrected chi connectivity index (χ2v) is 7.84. The predicted octanol–water partition coefficient (Wildman–Crippen LogP) is 5.47. The van der Waals surface area contributed by atoms with E-state index in [0.29, 0.717) is 39.3 Å². The number of nitrogens with zero attached hydrogens (tertiary/aromatic N) is 3. The van der Waals surface area contributed by atoms with Crippen LogP contribution in [0.15, 0.2) is 53.1 Å². The second-order valence-electron chi connectivity index (χ2n) is 7.03. The van der Waals surface area contributed by atoms with Gasteiger partial charge in [-0.1, -0.05) is 34.4 Å². The first-order valence-electron chi connectivity index (χ1n) is 9.37. The molecule has 4 rings (SSSR count). The molecule has 2 heterocycles.